The summed E-state index contributed by atoms with van der Waals surface area (Å²) >= 11 is 0. The molecule has 0 saturated carbocycles. The van der Waals surface area contributed by atoms with Crippen LogP contribution in [-0.4, -0.2) is 38.6 Å². The molecule has 2 atom stereocenters. The van der Waals surface area contributed by atoms with Gasteiger partial charge in [-0.3, -0.25) is 0 Å². The van der Waals surface area contributed by atoms with Crippen molar-refractivity contribution in [3.8, 4) is 0 Å². The van der Waals surface area contributed by atoms with Crippen LogP contribution in [0.3, 0.4) is 0 Å². The van der Waals surface area contributed by atoms with Gasteiger partial charge in [-0.05, 0) is 33.6 Å². The van der Waals surface area contributed by atoms with Crippen LogP contribution in [0.15, 0.2) is 12.2 Å². The number of hydrogen-bond donors (Lipinski definition) is 0. The Kier molecular flexibility index (Phi) is 5.17. The molecular weight excluding hydrogens is 216 g/mol. The van der Waals surface area contributed by atoms with Crippen LogP contribution in [0, 0.1) is 5.92 Å². The molecule has 0 N–H and O–H groups in total. The highest BCUT2D eigenvalue weighted by molar-refractivity contribution is 5.12. The monoisotopic (exact) mass is 242 g/mol. The number of hydrogen-bond acceptors (Lipinski definition) is 3. The van der Waals surface area contributed by atoms with Gasteiger partial charge in [-0.2, -0.15) is 0 Å². The Morgan fingerprint density at radius 1 is 1.35 bits per heavy atom. The van der Waals surface area contributed by atoms with E-state index < -0.39 is 0 Å². The molecule has 0 spiro atoms. The topological polar surface area (TPSA) is 27.7 Å². The maximum Gasteiger partial charge on any atom is 0.109 e. The molecule has 0 fully saturated rings. The van der Waals surface area contributed by atoms with Crippen molar-refractivity contribution in [2.75, 3.05) is 27.4 Å². The standard InChI is InChI=1S/C14H26O3/c1-6-17-13(2,3)12-7-9-14(16-5,10-8-12)11-15-4/h7,9,12H,6,8,10-11H2,1-5H3. The molecule has 0 bridgehead atoms. The summed E-state index contributed by atoms with van der Waals surface area (Å²) in [5.41, 5.74) is -0.342. The summed E-state index contributed by atoms with van der Waals surface area (Å²) < 4.78 is 16.6. The van der Waals surface area contributed by atoms with Crippen LogP contribution in [0.4, 0.5) is 0 Å². The van der Waals surface area contributed by atoms with Crippen LogP contribution in [-0.2, 0) is 14.2 Å². The van der Waals surface area contributed by atoms with Gasteiger partial charge in [0.15, 0.2) is 0 Å². The van der Waals surface area contributed by atoms with Gasteiger partial charge in [-0.1, -0.05) is 12.2 Å². The molecule has 0 aromatic heterocycles. The van der Waals surface area contributed by atoms with E-state index in [1.807, 2.05) is 6.92 Å². The smallest absolute Gasteiger partial charge is 0.109 e. The minimum Gasteiger partial charge on any atom is -0.381 e. The molecule has 0 aromatic carbocycles. The first-order chi connectivity index (χ1) is 7.99. The summed E-state index contributed by atoms with van der Waals surface area (Å²) in [6.45, 7) is 7.72. The fourth-order valence-corrected chi connectivity index (χ4v) is 2.52. The van der Waals surface area contributed by atoms with Crippen molar-refractivity contribution in [3.05, 3.63) is 12.2 Å². The van der Waals surface area contributed by atoms with Crippen molar-refractivity contribution in [1.82, 2.24) is 0 Å². The molecular formula is C14H26O3. The van der Waals surface area contributed by atoms with Gasteiger partial charge in [0.1, 0.15) is 5.60 Å². The summed E-state index contributed by atoms with van der Waals surface area (Å²) in [6.07, 6.45) is 6.42. The summed E-state index contributed by atoms with van der Waals surface area (Å²) in [5.74, 6) is 0.447. The van der Waals surface area contributed by atoms with E-state index in [2.05, 4.69) is 26.0 Å². The first-order valence-corrected chi connectivity index (χ1v) is 6.37. The third-order valence-electron chi connectivity index (χ3n) is 3.72. The summed E-state index contributed by atoms with van der Waals surface area (Å²) in [7, 11) is 3.46. The molecule has 3 heteroatoms. The number of methoxy groups -OCH3 is 2. The van der Waals surface area contributed by atoms with Crippen LogP contribution < -0.4 is 0 Å². The van der Waals surface area contributed by atoms with Gasteiger partial charge in [-0.25, -0.2) is 0 Å². The van der Waals surface area contributed by atoms with Gasteiger partial charge >= 0.3 is 0 Å². The Balaban J connectivity index is 2.71. The van der Waals surface area contributed by atoms with Crippen LogP contribution in [0.1, 0.15) is 33.6 Å². The molecule has 2 unspecified atom stereocenters. The Hall–Kier alpha value is -0.380. The predicted molar refractivity (Wildman–Crippen MR) is 69.2 cm³/mol. The van der Waals surface area contributed by atoms with Gasteiger partial charge < -0.3 is 14.2 Å². The molecule has 100 valence electrons. The normalized spacial score (nSPS) is 29.6. The Morgan fingerprint density at radius 3 is 2.47 bits per heavy atom. The van der Waals surface area contributed by atoms with Gasteiger partial charge in [0.25, 0.3) is 0 Å². The highest BCUT2D eigenvalue weighted by Crippen LogP contribution is 2.35. The third-order valence-corrected chi connectivity index (χ3v) is 3.72. The first kappa shape index (κ1) is 14.7. The molecule has 1 aliphatic rings. The van der Waals surface area contributed by atoms with Gasteiger partial charge in [0.2, 0.25) is 0 Å². The zero-order valence-electron chi connectivity index (χ0n) is 11.8. The highest BCUT2D eigenvalue weighted by Gasteiger charge is 2.37. The first-order valence-electron chi connectivity index (χ1n) is 6.37. The van der Waals surface area contributed by atoms with Crippen molar-refractivity contribution < 1.29 is 14.2 Å². The molecule has 0 saturated heterocycles. The predicted octanol–water partition coefficient (Wildman–Crippen LogP) is 2.80. The average molecular weight is 242 g/mol. The lowest BCUT2D eigenvalue weighted by Gasteiger charge is -2.39. The fourth-order valence-electron chi connectivity index (χ4n) is 2.52. The van der Waals surface area contributed by atoms with Crippen LogP contribution >= 0.6 is 0 Å². The van der Waals surface area contributed by atoms with Crippen molar-refractivity contribution in [1.29, 1.82) is 0 Å². The molecule has 17 heavy (non-hydrogen) atoms. The van der Waals surface area contributed by atoms with E-state index in [4.69, 9.17) is 14.2 Å². The van der Waals surface area contributed by atoms with Crippen molar-refractivity contribution in [2.24, 2.45) is 5.92 Å². The lowest BCUT2D eigenvalue weighted by Crippen LogP contribution is -2.42. The SMILES string of the molecule is CCOC(C)(C)C1C=CC(COC)(OC)CC1. The van der Waals surface area contributed by atoms with E-state index in [9.17, 15) is 0 Å². The summed E-state index contributed by atoms with van der Waals surface area (Å²) in [5, 5.41) is 0. The van der Waals surface area contributed by atoms with E-state index in [1.165, 1.54) is 0 Å². The molecule has 0 radical (unpaired) electrons. The molecule has 3 nitrogen and oxygen atoms in total. The van der Waals surface area contributed by atoms with Gasteiger partial charge in [-0.15, -0.1) is 0 Å². The molecule has 1 rings (SSSR count). The van der Waals surface area contributed by atoms with Crippen LogP contribution in [0.5, 0.6) is 0 Å². The highest BCUT2D eigenvalue weighted by atomic mass is 16.5. The quantitative estimate of drug-likeness (QED) is 0.670. The maximum atomic E-state index is 5.81. The molecule has 1 aliphatic carbocycles. The molecule has 0 heterocycles. The molecule has 0 aromatic rings. The second kappa shape index (κ2) is 5.98. The fraction of sp³-hybridized carbons (Fsp3) is 0.857. The maximum absolute atomic E-state index is 5.81. The summed E-state index contributed by atoms with van der Waals surface area (Å²) in [6, 6.07) is 0. The van der Waals surface area contributed by atoms with Crippen molar-refractivity contribution >= 4 is 0 Å². The van der Waals surface area contributed by atoms with Crippen LogP contribution in [0.25, 0.3) is 0 Å². The zero-order chi connectivity index (χ0) is 12.9. The Bertz CT molecular complexity index is 260. The second-order valence-electron chi connectivity index (χ2n) is 5.24. The van der Waals surface area contributed by atoms with E-state index in [-0.39, 0.29) is 11.2 Å². The van der Waals surface area contributed by atoms with E-state index in [0.29, 0.717) is 12.5 Å². The van der Waals surface area contributed by atoms with Gasteiger partial charge in [0, 0.05) is 26.7 Å². The lowest BCUT2D eigenvalue weighted by molar-refractivity contribution is -0.0713. The third kappa shape index (κ3) is 3.54. The van der Waals surface area contributed by atoms with E-state index >= 15 is 0 Å². The zero-order valence-corrected chi connectivity index (χ0v) is 11.8. The second-order valence-corrected chi connectivity index (χ2v) is 5.24. The van der Waals surface area contributed by atoms with Gasteiger partial charge in [0.05, 0.1) is 12.2 Å². The number of rotatable bonds is 6. The molecule has 0 aliphatic heterocycles. The largest absolute Gasteiger partial charge is 0.381 e. The minimum atomic E-state index is -0.243. The summed E-state index contributed by atoms with van der Waals surface area (Å²) in [4.78, 5) is 0. The Labute approximate surface area is 105 Å². The number of ether oxygens (including phenoxy) is 3. The average Bonchev–Trinajstić information content (AvgIpc) is 2.30. The van der Waals surface area contributed by atoms with Crippen molar-refractivity contribution in [3.63, 3.8) is 0 Å². The Morgan fingerprint density at radius 2 is 2.06 bits per heavy atom. The van der Waals surface area contributed by atoms with Crippen LogP contribution in [0.2, 0.25) is 0 Å². The minimum absolute atomic E-state index is 0.0990. The van der Waals surface area contributed by atoms with E-state index in [1.54, 1.807) is 14.2 Å². The molecule has 0 amide bonds. The lowest BCUT2D eigenvalue weighted by atomic mass is 9.78. The van der Waals surface area contributed by atoms with Crippen molar-refractivity contribution in [2.45, 2.75) is 44.8 Å². The van der Waals surface area contributed by atoms with E-state index in [0.717, 1.165) is 19.4 Å².